The van der Waals surface area contributed by atoms with Crippen LogP contribution in [0.3, 0.4) is 0 Å². The molecule has 8 heteroatoms. The summed E-state index contributed by atoms with van der Waals surface area (Å²) in [5.41, 5.74) is 4.68. The van der Waals surface area contributed by atoms with Crippen LogP contribution in [0.5, 0.6) is 5.75 Å². The first-order chi connectivity index (χ1) is 19.1. The molecule has 1 aromatic heterocycles. The van der Waals surface area contributed by atoms with Crippen LogP contribution in [-0.2, 0) is 12.0 Å². The van der Waals surface area contributed by atoms with E-state index in [0.717, 1.165) is 36.1 Å². The zero-order chi connectivity index (χ0) is 28.4. The second-order valence-electron chi connectivity index (χ2n) is 11.3. The number of benzene rings is 3. The van der Waals surface area contributed by atoms with Gasteiger partial charge in [-0.25, -0.2) is 4.79 Å². The van der Waals surface area contributed by atoms with Crippen LogP contribution >= 0.6 is 11.6 Å². The Balaban J connectivity index is 1.38. The molecule has 0 saturated heterocycles. The zero-order valence-electron chi connectivity index (χ0n) is 22.9. The normalized spacial score (nSPS) is 13.5. The van der Waals surface area contributed by atoms with Crippen LogP contribution in [0.15, 0.2) is 72.8 Å². The standard InChI is InChI=1S/C32H33ClN4O3/c1-32(2,3)23-13-11-21(12-14-23)30(39)35-24-15-16-29(38)25(17-24)27-18-28(20-8-6-9-20)37(36-27)31(40)34-19-22-7-4-5-10-26(22)33/h4-5,7,10-18,20,38H,6,8-9,19H2,1-3H3,(H,34,40)(H,35,39). The van der Waals surface area contributed by atoms with Gasteiger partial charge in [0, 0.05) is 34.3 Å². The number of aromatic hydroxyl groups is 1. The van der Waals surface area contributed by atoms with Crippen LogP contribution in [0.25, 0.3) is 11.3 Å². The molecule has 5 rings (SSSR count). The molecule has 40 heavy (non-hydrogen) atoms. The molecule has 4 aromatic rings. The molecule has 0 bridgehead atoms. The summed E-state index contributed by atoms with van der Waals surface area (Å²) in [6.45, 7) is 6.64. The Labute approximate surface area is 239 Å². The van der Waals surface area contributed by atoms with E-state index in [1.807, 2.05) is 48.5 Å². The molecule has 1 aliphatic carbocycles. The van der Waals surface area contributed by atoms with E-state index >= 15 is 0 Å². The number of rotatable bonds is 6. The van der Waals surface area contributed by atoms with Crippen molar-refractivity contribution in [2.24, 2.45) is 0 Å². The van der Waals surface area contributed by atoms with Gasteiger partial charge in [0.05, 0.1) is 11.4 Å². The average molecular weight is 557 g/mol. The third-order valence-electron chi connectivity index (χ3n) is 7.38. The van der Waals surface area contributed by atoms with Gasteiger partial charge in [0.25, 0.3) is 5.91 Å². The molecule has 1 saturated carbocycles. The smallest absolute Gasteiger partial charge is 0.342 e. The number of phenolic OH excluding ortho intramolecular Hbond substituents is 1. The monoisotopic (exact) mass is 556 g/mol. The van der Waals surface area contributed by atoms with Gasteiger partial charge in [0.15, 0.2) is 0 Å². The third kappa shape index (κ3) is 5.89. The molecule has 2 amide bonds. The van der Waals surface area contributed by atoms with Crippen LogP contribution in [0, 0.1) is 0 Å². The number of nitrogens with one attached hydrogen (secondary N) is 2. The van der Waals surface area contributed by atoms with Gasteiger partial charge in [-0.2, -0.15) is 9.78 Å². The van der Waals surface area contributed by atoms with Gasteiger partial charge in [-0.3, -0.25) is 4.79 Å². The number of anilines is 1. The number of carbonyl (C=O) groups is 2. The fourth-order valence-electron chi connectivity index (χ4n) is 4.72. The molecule has 1 heterocycles. The zero-order valence-corrected chi connectivity index (χ0v) is 23.6. The predicted molar refractivity (Wildman–Crippen MR) is 158 cm³/mol. The number of nitrogens with zero attached hydrogens (tertiary/aromatic N) is 2. The van der Waals surface area contributed by atoms with Crippen LogP contribution in [0.4, 0.5) is 10.5 Å². The first-order valence-electron chi connectivity index (χ1n) is 13.5. The largest absolute Gasteiger partial charge is 0.507 e. The Kier molecular flexibility index (Phi) is 7.68. The second kappa shape index (κ2) is 11.2. The van der Waals surface area contributed by atoms with E-state index in [4.69, 9.17) is 11.6 Å². The van der Waals surface area contributed by atoms with Crippen molar-refractivity contribution in [3.05, 3.63) is 100 Å². The summed E-state index contributed by atoms with van der Waals surface area (Å²) in [4.78, 5) is 26.2. The van der Waals surface area contributed by atoms with E-state index in [1.165, 1.54) is 10.7 Å². The molecule has 0 aliphatic heterocycles. The van der Waals surface area contributed by atoms with Gasteiger partial charge < -0.3 is 15.7 Å². The number of aromatic nitrogens is 2. The summed E-state index contributed by atoms with van der Waals surface area (Å²) < 4.78 is 1.39. The fraction of sp³-hybridized carbons (Fsp3) is 0.281. The highest BCUT2D eigenvalue weighted by Crippen LogP contribution is 2.39. The molecular weight excluding hydrogens is 524 g/mol. The summed E-state index contributed by atoms with van der Waals surface area (Å²) in [5.74, 6) is -0.0287. The summed E-state index contributed by atoms with van der Waals surface area (Å²) in [5, 5.41) is 21.7. The minimum atomic E-state index is -0.365. The second-order valence-corrected chi connectivity index (χ2v) is 11.7. The lowest BCUT2D eigenvalue weighted by Gasteiger charge is -2.25. The van der Waals surface area contributed by atoms with E-state index in [9.17, 15) is 14.7 Å². The number of hydrogen-bond acceptors (Lipinski definition) is 4. The minimum absolute atomic E-state index is 0.00585. The van der Waals surface area contributed by atoms with Crippen LogP contribution in [-0.4, -0.2) is 26.8 Å². The number of halogens is 1. The third-order valence-corrected chi connectivity index (χ3v) is 7.75. The van der Waals surface area contributed by atoms with Gasteiger partial charge in [0.1, 0.15) is 5.75 Å². The highest BCUT2D eigenvalue weighted by atomic mass is 35.5. The Hall–Kier alpha value is -4.10. The van der Waals surface area contributed by atoms with Gasteiger partial charge in [-0.05, 0) is 71.8 Å². The van der Waals surface area contributed by atoms with Crippen molar-refractivity contribution in [1.82, 2.24) is 15.1 Å². The average Bonchev–Trinajstić information content (AvgIpc) is 3.32. The van der Waals surface area contributed by atoms with Crippen molar-refractivity contribution in [2.75, 3.05) is 5.32 Å². The Morgan fingerprint density at radius 2 is 1.75 bits per heavy atom. The molecule has 0 atom stereocenters. The van der Waals surface area contributed by atoms with Gasteiger partial charge in [0.2, 0.25) is 0 Å². The van der Waals surface area contributed by atoms with Crippen LogP contribution < -0.4 is 10.6 Å². The van der Waals surface area contributed by atoms with Crippen LogP contribution in [0.1, 0.15) is 73.1 Å². The van der Waals surface area contributed by atoms with Crippen molar-refractivity contribution in [1.29, 1.82) is 0 Å². The highest BCUT2D eigenvalue weighted by molar-refractivity contribution is 6.31. The van der Waals surface area contributed by atoms with E-state index in [-0.39, 0.29) is 35.6 Å². The van der Waals surface area contributed by atoms with Crippen molar-refractivity contribution < 1.29 is 14.7 Å². The maximum absolute atomic E-state index is 13.2. The topological polar surface area (TPSA) is 96.2 Å². The molecule has 206 valence electrons. The SMILES string of the molecule is CC(C)(C)c1ccc(C(=O)Nc2ccc(O)c(-c3cc(C4CCC4)n(C(=O)NCc4ccccc4Cl)n3)c2)cc1. The van der Waals surface area contributed by atoms with Gasteiger partial charge in [-0.15, -0.1) is 0 Å². The molecule has 7 nitrogen and oxygen atoms in total. The molecule has 0 radical (unpaired) electrons. The fourth-order valence-corrected chi connectivity index (χ4v) is 4.92. The summed E-state index contributed by atoms with van der Waals surface area (Å²) >= 11 is 6.25. The van der Waals surface area contributed by atoms with E-state index in [2.05, 4.69) is 36.5 Å². The van der Waals surface area contributed by atoms with Gasteiger partial charge in [-0.1, -0.05) is 69.1 Å². The minimum Gasteiger partial charge on any atom is -0.507 e. The summed E-state index contributed by atoms with van der Waals surface area (Å²) in [7, 11) is 0. The first-order valence-corrected chi connectivity index (χ1v) is 13.8. The first kappa shape index (κ1) is 27.5. The van der Waals surface area contributed by atoms with Crippen molar-refractivity contribution in [2.45, 2.75) is 57.9 Å². The summed E-state index contributed by atoms with van der Waals surface area (Å²) in [6, 6.07) is 21.2. The molecule has 1 aliphatic rings. The van der Waals surface area contributed by atoms with E-state index in [0.29, 0.717) is 27.5 Å². The van der Waals surface area contributed by atoms with E-state index in [1.54, 1.807) is 18.2 Å². The highest BCUT2D eigenvalue weighted by Gasteiger charge is 2.28. The van der Waals surface area contributed by atoms with Crippen molar-refractivity contribution in [3.63, 3.8) is 0 Å². The Bertz CT molecular complexity index is 1550. The quantitative estimate of drug-likeness (QED) is 0.214. The number of amides is 2. The molecule has 0 unspecified atom stereocenters. The molecular formula is C32H33ClN4O3. The number of carbonyl (C=O) groups excluding carboxylic acids is 2. The molecule has 1 fully saturated rings. The van der Waals surface area contributed by atoms with Crippen molar-refractivity contribution in [3.8, 4) is 17.0 Å². The summed E-state index contributed by atoms with van der Waals surface area (Å²) in [6.07, 6.45) is 3.04. The maximum Gasteiger partial charge on any atom is 0.342 e. The number of hydrogen-bond donors (Lipinski definition) is 3. The lowest BCUT2D eigenvalue weighted by molar-refractivity contribution is 0.102. The molecule has 0 spiro atoms. The lowest BCUT2D eigenvalue weighted by Crippen LogP contribution is -2.31. The Morgan fingerprint density at radius 1 is 1.02 bits per heavy atom. The van der Waals surface area contributed by atoms with E-state index < -0.39 is 0 Å². The lowest BCUT2D eigenvalue weighted by atomic mass is 9.82. The predicted octanol–water partition coefficient (Wildman–Crippen LogP) is 7.48. The van der Waals surface area contributed by atoms with Crippen LogP contribution in [0.2, 0.25) is 5.02 Å². The molecule has 3 N–H and O–H groups in total. The molecule has 3 aromatic carbocycles. The number of phenols is 1. The van der Waals surface area contributed by atoms with Gasteiger partial charge >= 0.3 is 6.03 Å². The Morgan fingerprint density at radius 3 is 2.40 bits per heavy atom. The van der Waals surface area contributed by atoms with Crippen molar-refractivity contribution >= 4 is 29.2 Å². The maximum atomic E-state index is 13.2.